The summed E-state index contributed by atoms with van der Waals surface area (Å²) in [5, 5.41) is 12.1. The smallest absolute Gasteiger partial charge is 0.471 e. The number of nitrogens with one attached hydrogen (secondary N) is 1. The Morgan fingerprint density at radius 3 is 2.50 bits per heavy atom. The van der Waals surface area contributed by atoms with Crippen molar-refractivity contribution in [1.29, 1.82) is 0 Å². The van der Waals surface area contributed by atoms with Crippen molar-refractivity contribution in [3.63, 3.8) is 0 Å². The third kappa shape index (κ3) is 4.71. The Hall–Kier alpha value is -4.55. The quantitative estimate of drug-likeness (QED) is 0.268. The number of nitrogen functional groups attached to an aromatic ring is 1. The van der Waals surface area contributed by atoms with E-state index in [1.807, 2.05) is 0 Å². The first kappa shape index (κ1) is 27.0. The van der Waals surface area contributed by atoms with Crippen molar-refractivity contribution >= 4 is 34.6 Å². The molecule has 4 N–H and O–H groups in total. The molecule has 3 aromatic rings. The number of carboxylic acids is 1. The fourth-order valence-electron chi connectivity index (χ4n) is 4.91. The number of hydrogen-bond donors (Lipinski definition) is 3. The number of alkyl halides is 3. The van der Waals surface area contributed by atoms with E-state index in [9.17, 15) is 36.6 Å². The summed E-state index contributed by atoms with van der Waals surface area (Å²) in [6.07, 6.45) is -5.24. The molecule has 1 unspecified atom stereocenters. The first-order chi connectivity index (χ1) is 18.9. The number of anilines is 4. The van der Waals surface area contributed by atoms with Gasteiger partial charge in [0.1, 0.15) is 23.9 Å². The van der Waals surface area contributed by atoms with E-state index in [0.29, 0.717) is 16.5 Å². The van der Waals surface area contributed by atoms with Crippen LogP contribution in [0.3, 0.4) is 0 Å². The summed E-state index contributed by atoms with van der Waals surface area (Å²) in [6, 6.07) is 8.77. The van der Waals surface area contributed by atoms with Crippen molar-refractivity contribution in [1.82, 2.24) is 0 Å². The Morgan fingerprint density at radius 1 is 1.05 bits per heavy atom. The van der Waals surface area contributed by atoms with Gasteiger partial charge in [-0.1, -0.05) is 25.1 Å². The van der Waals surface area contributed by atoms with E-state index < -0.39 is 47.6 Å². The van der Waals surface area contributed by atoms with Crippen LogP contribution >= 0.6 is 0 Å². The van der Waals surface area contributed by atoms with Gasteiger partial charge in [-0.25, -0.2) is 8.78 Å². The number of halogens is 5. The number of carbonyl (C=O) groups excluding carboxylic acids is 1. The van der Waals surface area contributed by atoms with Gasteiger partial charge >= 0.3 is 18.1 Å². The van der Waals surface area contributed by atoms with Crippen LogP contribution in [0.5, 0.6) is 11.5 Å². The Bertz CT molecular complexity index is 1510. The molecule has 5 rings (SSSR count). The minimum absolute atomic E-state index is 0.0215. The number of carboxylic acid groups (broad SMARTS) is 1. The van der Waals surface area contributed by atoms with E-state index in [1.54, 1.807) is 0 Å². The second-order valence-electron chi connectivity index (χ2n) is 9.46. The minimum atomic E-state index is -5.24. The zero-order valence-corrected chi connectivity index (χ0v) is 20.8. The Kier molecular flexibility index (Phi) is 6.68. The van der Waals surface area contributed by atoms with Gasteiger partial charge in [-0.3, -0.25) is 14.5 Å². The Morgan fingerprint density at radius 2 is 1.80 bits per heavy atom. The normalized spacial score (nSPS) is 18.2. The summed E-state index contributed by atoms with van der Waals surface area (Å²) >= 11 is 0. The number of carbonyl (C=O) groups is 2. The molecule has 1 amide bonds. The maximum Gasteiger partial charge on any atom is 0.471 e. The molecule has 0 radical (unpaired) electrons. The Labute approximate surface area is 224 Å². The molecule has 3 atom stereocenters. The fraction of sp³-hybridized carbons (Fsp3) is 0.259. The highest BCUT2D eigenvalue weighted by atomic mass is 19.4. The molecule has 210 valence electrons. The summed E-state index contributed by atoms with van der Waals surface area (Å²) in [7, 11) is 0. The highest BCUT2D eigenvalue weighted by molar-refractivity contribution is 5.98. The van der Waals surface area contributed by atoms with Gasteiger partial charge < -0.3 is 25.6 Å². The molecule has 2 aliphatic rings. The van der Waals surface area contributed by atoms with Gasteiger partial charge in [0.05, 0.1) is 35.6 Å². The zero-order valence-electron chi connectivity index (χ0n) is 20.8. The van der Waals surface area contributed by atoms with Gasteiger partial charge in [0, 0.05) is 34.9 Å². The molecule has 0 spiro atoms. The van der Waals surface area contributed by atoms with Crippen LogP contribution in [-0.2, 0) is 9.59 Å². The largest absolute Gasteiger partial charge is 0.493 e. The van der Waals surface area contributed by atoms with Crippen LogP contribution in [0.25, 0.3) is 0 Å². The van der Waals surface area contributed by atoms with Crippen molar-refractivity contribution in [3.05, 3.63) is 71.3 Å². The average Bonchev–Trinajstić information content (AvgIpc) is 3.51. The average molecular weight is 563 g/mol. The monoisotopic (exact) mass is 563 g/mol. The molecule has 8 nitrogen and oxygen atoms in total. The van der Waals surface area contributed by atoms with Crippen molar-refractivity contribution in [2.45, 2.75) is 25.1 Å². The van der Waals surface area contributed by atoms with Crippen LogP contribution in [0, 0.1) is 17.6 Å². The predicted molar refractivity (Wildman–Crippen MR) is 134 cm³/mol. The number of amides is 1. The molecule has 3 aromatic carbocycles. The van der Waals surface area contributed by atoms with Crippen LogP contribution in [-0.4, -0.2) is 36.4 Å². The number of nitrogens with two attached hydrogens (primary N) is 1. The third-order valence-electron chi connectivity index (χ3n) is 7.01. The molecule has 2 heterocycles. The van der Waals surface area contributed by atoms with Crippen LogP contribution in [0.4, 0.5) is 44.7 Å². The van der Waals surface area contributed by atoms with Crippen molar-refractivity contribution in [2.24, 2.45) is 5.92 Å². The molecule has 0 saturated carbocycles. The maximum absolute atomic E-state index is 13.9. The first-order valence-electron chi connectivity index (χ1n) is 12.0. The predicted octanol–water partition coefficient (Wildman–Crippen LogP) is 5.52. The highest BCUT2D eigenvalue weighted by Crippen LogP contribution is 2.47. The summed E-state index contributed by atoms with van der Waals surface area (Å²) in [5.41, 5.74) is 5.94. The topological polar surface area (TPSA) is 114 Å². The highest BCUT2D eigenvalue weighted by Gasteiger charge is 2.48. The minimum Gasteiger partial charge on any atom is -0.493 e. The number of rotatable bonds is 6. The molecular weight excluding hydrogens is 541 g/mol. The number of hydrogen-bond acceptors (Lipinski definition) is 6. The molecule has 0 aromatic heterocycles. The molecule has 13 heteroatoms. The zero-order chi connectivity index (χ0) is 28.9. The fourth-order valence-corrected chi connectivity index (χ4v) is 4.91. The molecule has 0 fully saturated rings. The molecule has 2 aliphatic heterocycles. The van der Waals surface area contributed by atoms with Crippen molar-refractivity contribution in [3.8, 4) is 11.5 Å². The third-order valence-corrected chi connectivity index (χ3v) is 7.01. The van der Waals surface area contributed by atoms with E-state index in [2.05, 4.69) is 5.32 Å². The van der Waals surface area contributed by atoms with Gasteiger partial charge in [0.25, 0.3) is 0 Å². The van der Waals surface area contributed by atoms with Crippen molar-refractivity contribution < 1.29 is 46.1 Å². The molecule has 0 saturated heterocycles. The maximum atomic E-state index is 13.9. The summed E-state index contributed by atoms with van der Waals surface area (Å²) in [6.45, 7) is 1.16. The number of aliphatic carboxylic acids is 1. The van der Waals surface area contributed by atoms with E-state index in [4.69, 9.17) is 15.2 Å². The SMILES string of the molecule is CC(C(=O)O)[C@@H]1COc2cc(N(C(=O)C(F)(F)F)[C@@H]3COc4c(Nc5cc(F)cc(F)c5N)cccc43)ccc21. The second kappa shape index (κ2) is 9.88. The Balaban J connectivity index is 1.53. The van der Waals surface area contributed by atoms with Crippen LogP contribution < -0.4 is 25.4 Å². The van der Waals surface area contributed by atoms with Gasteiger partial charge in [0.2, 0.25) is 0 Å². The lowest BCUT2D eigenvalue weighted by Gasteiger charge is -2.29. The lowest BCUT2D eigenvalue weighted by atomic mass is 9.89. The number of ether oxygens (including phenoxy) is 2. The molecule has 0 bridgehead atoms. The summed E-state index contributed by atoms with van der Waals surface area (Å²) in [4.78, 5) is 24.7. The molecular formula is C27H22F5N3O5. The van der Waals surface area contributed by atoms with Gasteiger partial charge in [-0.2, -0.15) is 13.2 Å². The van der Waals surface area contributed by atoms with Gasteiger partial charge in [0.15, 0.2) is 5.82 Å². The number of para-hydroxylation sites is 1. The number of fused-ring (bicyclic) bond motifs is 2. The second-order valence-corrected chi connectivity index (χ2v) is 9.46. The van der Waals surface area contributed by atoms with Crippen molar-refractivity contribution in [2.75, 3.05) is 29.2 Å². The lowest BCUT2D eigenvalue weighted by Crippen LogP contribution is -2.44. The van der Waals surface area contributed by atoms with Crippen LogP contribution in [0.15, 0.2) is 48.5 Å². The van der Waals surface area contributed by atoms with Gasteiger partial charge in [-0.05, 0) is 18.2 Å². The van der Waals surface area contributed by atoms with Gasteiger partial charge in [-0.15, -0.1) is 0 Å². The summed E-state index contributed by atoms with van der Waals surface area (Å²) in [5.74, 6) is -6.18. The van der Waals surface area contributed by atoms with E-state index in [1.165, 1.54) is 43.3 Å². The molecule has 40 heavy (non-hydrogen) atoms. The first-order valence-corrected chi connectivity index (χ1v) is 12.0. The standard InChI is InChI=1S/C27H22F5N3O5/c1-12(25(36)37)17-10-39-22-9-14(5-6-15(17)22)35(26(38)27(30,31)32)21-11-40-24-16(21)3-2-4-19(24)34-20-8-13(28)7-18(29)23(20)33/h2-9,12,17,21,34H,10-11,33H2,1H3,(H,36,37)/t12?,17-,21+/m0/s1. The van der Waals surface area contributed by atoms with E-state index in [0.717, 1.165) is 6.07 Å². The van der Waals surface area contributed by atoms with Crippen LogP contribution in [0.1, 0.15) is 30.0 Å². The van der Waals surface area contributed by atoms with Crippen LogP contribution in [0.2, 0.25) is 0 Å². The number of nitrogens with zero attached hydrogens (tertiary/aromatic N) is 1. The summed E-state index contributed by atoms with van der Waals surface area (Å²) < 4.78 is 80.4. The lowest BCUT2D eigenvalue weighted by molar-refractivity contribution is -0.171. The number of benzene rings is 3. The van der Waals surface area contributed by atoms with E-state index in [-0.39, 0.29) is 53.0 Å². The van der Waals surface area contributed by atoms with E-state index >= 15 is 0 Å². The molecule has 0 aliphatic carbocycles.